The number of hydrogen-bond donors (Lipinski definition) is 2. The molecule has 0 radical (unpaired) electrons. The van der Waals surface area contributed by atoms with E-state index in [1.165, 1.54) is 0 Å². The maximum absolute atomic E-state index is 4.48. The first-order chi connectivity index (χ1) is 10.4. The Balaban J connectivity index is 0.00000484. The van der Waals surface area contributed by atoms with Crippen molar-refractivity contribution in [2.24, 2.45) is 4.99 Å². The van der Waals surface area contributed by atoms with E-state index in [1.807, 2.05) is 25.1 Å². The highest BCUT2D eigenvalue weighted by Crippen LogP contribution is 2.03. The van der Waals surface area contributed by atoms with Gasteiger partial charge in [0.2, 0.25) is 0 Å². The molecule has 0 aromatic carbocycles. The summed E-state index contributed by atoms with van der Waals surface area (Å²) in [5, 5.41) is 6.67. The topological polar surface area (TPSA) is 52.6 Å². The van der Waals surface area contributed by atoms with Gasteiger partial charge in [-0.1, -0.05) is 6.07 Å². The van der Waals surface area contributed by atoms with Crippen LogP contribution in [0.1, 0.15) is 39.1 Å². The van der Waals surface area contributed by atoms with Gasteiger partial charge in [0.15, 0.2) is 5.96 Å². The average molecular weight is 433 g/mol. The van der Waals surface area contributed by atoms with Crippen LogP contribution in [0.5, 0.6) is 0 Å². The van der Waals surface area contributed by atoms with Crippen LogP contribution in [-0.4, -0.2) is 48.1 Å². The lowest BCUT2D eigenvalue weighted by molar-refractivity contribution is 0.178. The van der Waals surface area contributed by atoms with Crippen molar-refractivity contribution < 1.29 is 0 Å². The van der Waals surface area contributed by atoms with E-state index >= 15 is 0 Å². The Morgan fingerprint density at radius 2 is 1.83 bits per heavy atom. The van der Waals surface area contributed by atoms with Crippen LogP contribution in [0.3, 0.4) is 0 Å². The summed E-state index contributed by atoms with van der Waals surface area (Å²) in [4.78, 5) is 11.2. The van der Waals surface area contributed by atoms with Crippen molar-refractivity contribution in [3.8, 4) is 0 Å². The molecule has 132 valence electrons. The molecule has 0 aliphatic rings. The van der Waals surface area contributed by atoms with Crippen molar-refractivity contribution in [3.63, 3.8) is 0 Å². The quantitative estimate of drug-likeness (QED) is 0.395. The van der Waals surface area contributed by atoms with E-state index in [-0.39, 0.29) is 24.0 Å². The Morgan fingerprint density at radius 3 is 2.35 bits per heavy atom. The number of hydrogen-bond acceptors (Lipinski definition) is 3. The third kappa shape index (κ3) is 8.50. The number of pyridine rings is 1. The molecular weight excluding hydrogens is 401 g/mol. The van der Waals surface area contributed by atoms with E-state index in [2.05, 4.69) is 53.2 Å². The third-order valence-corrected chi connectivity index (χ3v) is 3.60. The molecule has 1 aromatic heterocycles. The summed E-state index contributed by atoms with van der Waals surface area (Å²) in [6, 6.07) is 7.15. The Bertz CT molecular complexity index is 466. The first-order valence-corrected chi connectivity index (χ1v) is 8.06. The Morgan fingerprint density at radius 1 is 1.17 bits per heavy atom. The number of aliphatic imine (C=N–C) groups is 1. The van der Waals surface area contributed by atoms with E-state index < -0.39 is 0 Å². The van der Waals surface area contributed by atoms with E-state index in [9.17, 15) is 0 Å². The first kappa shape index (κ1) is 22.1. The summed E-state index contributed by atoms with van der Waals surface area (Å²) in [5.41, 5.74) is 2.06. The summed E-state index contributed by atoms with van der Waals surface area (Å²) in [6.45, 7) is 13.5. The van der Waals surface area contributed by atoms with E-state index in [0.29, 0.717) is 18.6 Å². The van der Waals surface area contributed by atoms with Crippen LogP contribution in [-0.2, 0) is 6.54 Å². The van der Waals surface area contributed by atoms with Gasteiger partial charge in [0.25, 0.3) is 0 Å². The number of halogens is 1. The van der Waals surface area contributed by atoms with E-state index in [4.69, 9.17) is 0 Å². The molecule has 1 heterocycles. The van der Waals surface area contributed by atoms with Gasteiger partial charge in [0, 0.05) is 37.9 Å². The van der Waals surface area contributed by atoms with Crippen LogP contribution in [0, 0.1) is 6.92 Å². The predicted molar refractivity (Wildman–Crippen MR) is 110 cm³/mol. The molecular formula is C17H32IN5. The lowest BCUT2D eigenvalue weighted by Crippen LogP contribution is -2.45. The zero-order chi connectivity index (χ0) is 16.5. The van der Waals surface area contributed by atoms with Crippen LogP contribution in [0.2, 0.25) is 0 Å². The van der Waals surface area contributed by atoms with E-state index in [1.54, 1.807) is 7.05 Å². The molecule has 0 aliphatic heterocycles. The Labute approximate surface area is 158 Å². The van der Waals surface area contributed by atoms with Gasteiger partial charge in [-0.2, -0.15) is 0 Å². The average Bonchev–Trinajstić information content (AvgIpc) is 2.45. The highest BCUT2D eigenvalue weighted by atomic mass is 127. The summed E-state index contributed by atoms with van der Waals surface area (Å²) < 4.78 is 0. The molecule has 0 fully saturated rings. The van der Waals surface area contributed by atoms with Crippen molar-refractivity contribution in [1.29, 1.82) is 0 Å². The van der Waals surface area contributed by atoms with Crippen LogP contribution >= 0.6 is 24.0 Å². The smallest absolute Gasteiger partial charge is 0.191 e. The fourth-order valence-corrected chi connectivity index (χ4v) is 2.51. The second-order valence-corrected chi connectivity index (χ2v) is 6.05. The second kappa shape index (κ2) is 11.6. The monoisotopic (exact) mass is 433 g/mol. The number of nitrogens with one attached hydrogen (secondary N) is 2. The lowest BCUT2D eigenvalue weighted by Gasteiger charge is -2.30. The maximum atomic E-state index is 4.48. The van der Waals surface area contributed by atoms with Crippen molar-refractivity contribution in [3.05, 3.63) is 29.6 Å². The summed E-state index contributed by atoms with van der Waals surface area (Å²) >= 11 is 0. The standard InChI is InChI=1S/C17H31N5.HI/c1-13(2)22(14(3)4)11-10-19-17(18-6)20-12-16-9-7-8-15(5)21-16;/h7-9,13-14H,10-12H2,1-6H3,(H2,18,19,20);1H. The van der Waals surface area contributed by atoms with Crippen molar-refractivity contribution in [2.45, 2.75) is 53.2 Å². The fraction of sp³-hybridized carbons (Fsp3) is 0.647. The number of nitrogens with zero attached hydrogens (tertiary/aromatic N) is 3. The molecule has 1 rings (SSSR count). The minimum absolute atomic E-state index is 0. The molecule has 0 saturated heterocycles. The Kier molecular flexibility index (Phi) is 11.2. The summed E-state index contributed by atoms with van der Waals surface area (Å²) in [5.74, 6) is 0.816. The van der Waals surface area contributed by atoms with Gasteiger partial charge in [0.05, 0.1) is 12.2 Å². The molecule has 0 atom stereocenters. The molecule has 5 nitrogen and oxygen atoms in total. The van der Waals surface area contributed by atoms with Gasteiger partial charge in [0.1, 0.15) is 0 Å². The number of rotatable bonds is 7. The Hall–Kier alpha value is -0.890. The van der Waals surface area contributed by atoms with Crippen LogP contribution in [0.25, 0.3) is 0 Å². The fourth-order valence-electron chi connectivity index (χ4n) is 2.51. The normalized spacial score (nSPS) is 11.8. The van der Waals surface area contributed by atoms with Gasteiger partial charge in [-0.05, 0) is 46.8 Å². The number of aryl methyl sites for hydroxylation is 1. The predicted octanol–water partition coefficient (Wildman–Crippen LogP) is 2.79. The molecule has 0 unspecified atom stereocenters. The second-order valence-electron chi connectivity index (χ2n) is 6.05. The molecule has 23 heavy (non-hydrogen) atoms. The number of aromatic nitrogens is 1. The van der Waals surface area contributed by atoms with Gasteiger partial charge >= 0.3 is 0 Å². The van der Waals surface area contributed by atoms with Gasteiger partial charge in [-0.15, -0.1) is 24.0 Å². The number of guanidine groups is 1. The molecule has 0 aliphatic carbocycles. The van der Waals surface area contributed by atoms with Crippen molar-refractivity contribution in [2.75, 3.05) is 20.1 Å². The third-order valence-electron chi connectivity index (χ3n) is 3.60. The van der Waals surface area contributed by atoms with Crippen molar-refractivity contribution in [1.82, 2.24) is 20.5 Å². The van der Waals surface area contributed by atoms with Crippen LogP contribution in [0.4, 0.5) is 0 Å². The highest BCUT2D eigenvalue weighted by Gasteiger charge is 2.12. The minimum atomic E-state index is 0. The lowest BCUT2D eigenvalue weighted by atomic mass is 10.2. The SMILES string of the molecule is CN=C(NCCN(C(C)C)C(C)C)NCc1cccc(C)n1.I. The molecule has 2 N–H and O–H groups in total. The highest BCUT2D eigenvalue weighted by molar-refractivity contribution is 14.0. The van der Waals surface area contributed by atoms with Gasteiger partial charge in [-0.25, -0.2) is 0 Å². The molecule has 1 aromatic rings. The van der Waals surface area contributed by atoms with Gasteiger partial charge < -0.3 is 10.6 Å². The summed E-state index contributed by atoms with van der Waals surface area (Å²) in [7, 11) is 1.79. The van der Waals surface area contributed by atoms with Gasteiger partial charge in [-0.3, -0.25) is 14.9 Å². The zero-order valence-electron chi connectivity index (χ0n) is 15.3. The summed E-state index contributed by atoms with van der Waals surface area (Å²) in [6.07, 6.45) is 0. The molecule has 0 bridgehead atoms. The van der Waals surface area contributed by atoms with Crippen LogP contribution < -0.4 is 10.6 Å². The molecule has 0 saturated carbocycles. The first-order valence-electron chi connectivity index (χ1n) is 8.06. The minimum Gasteiger partial charge on any atom is -0.355 e. The largest absolute Gasteiger partial charge is 0.355 e. The van der Waals surface area contributed by atoms with Crippen molar-refractivity contribution >= 4 is 29.9 Å². The maximum Gasteiger partial charge on any atom is 0.191 e. The van der Waals surface area contributed by atoms with E-state index in [0.717, 1.165) is 30.4 Å². The molecule has 0 spiro atoms. The molecule has 0 amide bonds. The van der Waals surface area contributed by atoms with Crippen LogP contribution in [0.15, 0.2) is 23.2 Å². The zero-order valence-corrected chi connectivity index (χ0v) is 17.6. The molecule has 6 heteroatoms.